The summed E-state index contributed by atoms with van der Waals surface area (Å²) < 4.78 is 11.3. The Morgan fingerprint density at radius 1 is 1.15 bits per heavy atom. The molecule has 0 unspecified atom stereocenters. The van der Waals surface area contributed by atoms with E-state index in [2.05, 4.69) is 10.3 Å². The zero-order valence-corrected chi connectivity index (χ0v) is 21.2. The Labute approximate surface area is 205 Å². The van der Waals surface area contributed by atoms with Gasteiger partial charge in [-0.3, -0.25) is 19.5 Å². The van der Waals surface area contributed by atoms with Crippen LogP contribution in [-0.2, 0) is 9.59 Å². The maximum atomic E-state index is 13.1. The second-order valence-corrected chi connectivity index (χ2v) is 9.48. The average molecular weight is 482 g/mol. The SMILES string of the molecule is COc1cccc(/C=C2/SC(=NC(C)C)N(C(C)C)C2=O)c1OCC(=O)Nc1ccc(C)cc1. The minimum Gasteiger partial charge on any atom is -0.493 e. The summed E-state index contributed by atoms with van der Waals surface area (Å²) in [6.45, 7) is 9.66. The third-order valence-electron chi connectivity index (χ3n) is 4.92. The van der Waals surface area contributed by atoms with Crippen molar-refractivity contribution < 1.29 is 19.1 Å². The number of nitrogens with one attached hydrogen (secondary N) is 1. The van der Waals surface area contributed by atoms with Gasteiger partial charge in [0.05, 0.1) is 12.0 Å². The number of amides is 2. The molecule has 0 aromatic heterocycles. The van der Waals surface area contributed by atoms with Gasteiger partial charge in [-0.15, -0.1) is 0 Å². The zero-order chi connectivity index (χ0) is 24.8. The highest BCUT2D eigenvalue weighted by atomic mass is 32.2. The summed E-state index contributed by atoms with van der Waals surface area (Å²) in [5.41, 5.74) is 2.45. The quantitative estimate of drug-likeness (QED) is 0.530. The van der Waals surface area contributed by atoms with E-state index in [4.69, 9.17) is 9.47 Å². The fourth-order valence-electron chi connectivity index (χ4n) is 3.33. The highest BCUT2D eigenvalue weighted by Crippen LogP contribution is 2.38. The molecule has 0 radical (unpaired) electrons. The molecular formula is C26H31N3O4S. The van der Waals surface area contributed by atoms with Crippen molar-refractivity contribution in [1.82, 2.24) is 4.90 Å². The van der Waals surface area contributed by atoms with E-state index in [0.29, 0.717) is 32.8 Å². The molecule has 1 aliphatic rings. The van der Waals surface area contributed by atoms with Gasteiger partial charge in [-0.1, -0.05) is 29.8 Å². The van der Waals surface area contributed by atoms with Gasteiger partial charge >= 0.3 is 0 Å². The number of methoxy groups -OCH3 is 1. The van der Waals surface area contributed by atoms with Crippen LogP contribution in [0.15, 0.2) is 52.4 Å². The van der Waals surface area contributed by atoms with Crippen LogP contribution in [0.2, 0.25) is 0 Å². The minimum atomic E-state index is -0.294. The summed E-state index contributed by atoms with van der Waals surface area (Å²) in [6, 6.07) is 13.0. The summed E-state index contributed by atoms with van der Waals surface area (Å²) in [4.78, 5) is 32.4. The molecule has 34 heavy (non-hydrogen) atoms. The first-order valence-electron chi connectivity index (χ1n) is 11.2. The molecule has 1 fully saturated rings. The molecular weight excluding hydrogens is 450 g/mol. The Morgan fingerprint density at radius 3 is 2.47 bits per heavy atom. The number of anilines is 1. The normalized spacial score (nSPS) is 16.1. The van der Waals surface area contributed by atoms with Crippen LogP contribution in [0, 0.1) is 6.92 Å². The van der Waals surface area contributed by atoms with Gasteiger partial charge in [0.2, 0.25) is 0 Å². The van der Waals surface area contributed by atoms with Crippen molar-refractivity contribution in [3.63, 3.8) is 0 Å². The van der Waals surface area contributed by atoms with E-state index in [-0.39, 0.29) is 30.5 Å². The van der Waals surface area contributed by atoms with E-state index in [9.17, 15) is 9.59 Å². The lowest BCUT2D eigenvalue weighted by atomic mass is 10.1. The monoisotopic (exact) mass is 481 g/mol. The molecule has 2 aromatic carbocycles. The largest absolute Gasteiger partial charge is 0.493 e. The lowest BCUT2D eigenvalue weighted by Gasteiger charge is -2.20. The molecule has 0 saturated carbocycles. The molecule has 7 nitrogen and oxygen atoms in total. The summed E-state index contributed by atoms with van der Waals surface area (Å²) in [5.74, 6) is 0.474. The average Bonchev–Trinajstić information content (AvgIpc) is 3.08. The number of carbonyl (C=O) groups is 2. The number of nitrogens with zero attached hydrogens (tertiary/aromatic N) is 2. The summed E-state index contributed by atoms with van der Waals surface area (Å²) in [6.07, 6.45) is 1.76. The van der Waals surface area contributed by atoms with Crippen LogP contribution in [0.1, 0.15) is 38.8 Å². The number of aryl methyl sites for hydroxylation is 1. The number of para-hydroxylation sites is 1. The molecule has 1 aliphatic heterocycles. The number of benzene rings is 2. The van der Waals surface area contributed by atoms with Crippen molar-refractivity contribution in [2.45, 2.75) is 46.7 Å². The van der Waals surface area contributed by atoms with Gasteiger partial charge in [0.15, 0.2) is 23.3 Å². The van der Waals surface area contributed by atoms with Crippen LogP contribution >= 0.6 is 11.8 Å². The van der Waals surface area contributed by atoms with Crippen molar-refractivity contribution in [3.8, 4) is 11.5 Å². The summed E-state index contributed by atoms with van der Waals surface area (Å²) in [7, 11) is 1.54. The van der Waals surface area contributed by atoms with Crippen molar-refractivity contribution in [2.24, 2.45) is 4.99 Å². The number of amidine groups is 1. The van der Waals surface area contributed by atoms with Gasteiger partial charge in [0.25, 0.3) is 11.8 Å². The van der Waals surface area contributed by atoms with Crippen LogP contribution in [0.4, 0.5) is 5.69 Å². The van der Waals surface area contributed by atoms with Gasteiger partial charge in [-0.05, 0) is 70.7 Å². The maximum absolute atomic E-state index is 13.1. The molecule has 0 spiro atoms. The Hall–Kier alpha value is -3.26. The smallest absolute Gasteiger partial charge is 0.266 e. The number of hydrogen-bond acceptors (Lipinski definition) is 6. The van der Waals surface area contributed by atoms with E-state index in [1.54, 1.807) is 17.0 Å². The van der Waals surface area contributed by atoms with Crippen LogP contribution in [-0.4, -0.2) is 47.7 Å². The number of rotatable bonds is 8. The van der Waals surface area contributed by atoms with Crippen LogP contribution in [0.5, 0.6) is 11.5 Å². The van der Waals surface area contributed by atoms with E-state index in [1.165, 1.54) is 18.9 Å². The Morgan fingerprint density at radius 2 is 1.85 bits per heavy atom. The third-order valence-corrected chi connectivity index (χ3v) is 5.92. The molecule has 0 atom stereocenters. The summed E-state index contributed by atoms with van der Waals surface area (Å²) in [5, 5.41) is 3.50. The van der Waals surface area contributed by atoms with E-state index < -0.39 is 0 Å². The predicted molar refractivity (Wildman–Crippen MR) is 138 cm³/mol. The number of carbonyl (C=O) groups excluding carboxylic acids is 2. The fourth-order valence-corrected chi connectivity index (χ4v) is 4.55. The highest BCUT2D eigenvalue weighted by Gasteiger charge is 2.35. The van der Waals surface area contributed by atoms with Crippen LogP contribution in [0.3, 0.4) is 0 Å². The Kier molecular flexibility index (Phi) is 8.39. The minimum absolute atomic E-state index is 0.0186. The van der Waals surface area contributed by atoms with Gasteiger partial charge in [0, 0.05) is 23.3 Å². The maximum Gasteiger partial charge on any atom is 0.266 e. The number of hydrogen-bond donors (Lipinski definition) is 1. The molecule has 2 aromatic rings. The second-order valence-electron chi connectivity index (χ2n) is 8.47. The number of aliphatic imine (C=N–C) groups is 1. The molecule has 0 bridgehead atoms. The van der Waals surface area contributed by atoms with Crippen molar-refractivity contribution in [2.75, 3.05) is 19.0 Å². The molecule has 180 valence electrons. The van der Waals surface area contributed by atoms with Crippen molar-refractivity contribution >= 4 is 40.5 Å². The second kappa shape index (κ2) is 11.2. The first kappa shape index (κ1) is 25.4. The number of ether oxygens (including phenoxy) is 2. The third kappa shape index (κ3) is 6.20. The van der Waals surface area contributed by atoms with Gasteiger partial charge in [0.1, 0.15) is 0 Å². The van der Waals surface area contributed by atoms with E-state index >= 15 is 0 Å². The Balaban J connectivity index is 1.84. The molecule has 8 heteroatoms. The first-order chi connectivity index (χ1) is 16.2. The van der Waals surface area contributed by atoms with Crippen LogP contribution in [0.25, 0.3) is 6.08 Å². The lowest BCUT2D eigenvalue weighted by Crippen LogP contribution is -2.35. The number of thioether (sulfide) groups is 1. The van der Waals surface area contributed by atoms with Gasteiger partial charge in [-0.2, -0.15) is 0 Å². The van der Waals surface area contributed by atoms with Gasteiger partial charge in [-0.25, -0.2) is 0 Å². The highest BCUT2D eigenvalue weighted by molar-refractivity contribution is 8.18. The Bertz CT molecular complexity index is 1110. The molecule has 2 amide bonds. The summed E-state index contributed by atoms with van der Waals surface area (Å²) >= 11 is 1.34. The molecule has 0 aliphatic carbocycles. The predicted octanol–water partition coefficient (Wildman–Crippen LogP) is 5.11. The topological polar surface area (TPSA) is 80.2 Å². The molecule has 1 heterocycles. The standard InChI is InChI=1S/C26H31N3O4S/c1-16(2)27-26-29(17(3)4)25(31)22(34-26)14-19-8-7-9-21(32-6)24(19)33-15-23(30)28-20-12-10-18(5)11-13-20/h7-14,16-17H,15H2,1-6H3,(H,28,30)/b22-14+,27-26?. The van der Waals surface area contributed by atoms with Crippen molar-refractivity contribution in [1.29, 1.82) is 0 Å². The molecule has 1 N–H and O–H groups in total. The van der Waals surface area contributed by atoms with E-state index in [0.717, 1.165) is 5.56 Å². The molecule has 3 rings (SSSR count). The lowest BCUT2D eigenvalue weighted by molar-refractivity contribution is -0.123. The van der Waals surface area contributed by atoms with Crippen molar-refractivity contribution in [3.05, 3.63) is 58.5 Å². The van der Waals surface area contributed by atoms with Crippen LogP contribution < -0.4 is 14.8 Å². The van der Waals surface area contributed by atoms with E-state index in [1.807, 2.05) is 71.0 Å². The fraction of sp³-hybridized carbons (Fsp3) is 0.346. The zero-order valence-electron chi connectivity index (χ0n) is 20.4. The molecule has 1 saturated heterocycles. The first-order valence-corrected chi connectivity index (χ1v) is 12.0. The van der Waals surface area contributed by atoms with Gasteiger partial charge < -0.3 is 14.8 Å².